The molecule has 0 spiro atoms. The number of aryl methyl sites for hydroxylation is 1. The summed E-state index contributed by atoms with van der Waals surface area (Å²) in [6.07, 6.45) is 9.33. The quantitative estimate of drug-likeness (QED) is 0.107. The molecule has 1 aromatic heterocycles. The van der Waals surface area contributed by atoms with Crippen LogP contribution < -0.4 is 20.8 Å². The lowest BCUT2D eigenvalue weighted by Gasteiger charge is -2.24. The Bertz CT molecular complexity index is 2070. The van der Waals surface area contributed by atoms with Gasteiger partial charge in [-0.1, -0.05) is 38.1 Å². The first-order valence-electron chi connectivity index (χ1n) is 18.5. The third-order valence-corrected chi connectivity index (χ3v) is 10.7. The van der Waals surface area contributed by atoms with Gasteiger partial charge in [0.2, 0.25) is 0 Å². The summed E-state index contributed by atoms with van der Waals surface area (Å²) in [4.78, 5) is 34.8. The van der Waals surface area contributed by atoms with E-state index in [9.17, 15) is 24.6 Å². The Kier molecular flexibility index (Phi) is 11.8. The number of ether oxygens (including phenoxy) is 3. The van der Waals surface area contributed by atoms with E-state index >= 15 is 0 Å². The van der Waals surface area contributed by atoms with Gasteiger partial charge < -0.3 is 39.7 Å². The number of hydrogen-bond donors (Lipinski definition) is 4. The minimum absolute atomic E-state index is 0.0993. The summed E-state index contributed by atoms with van der Waals surface area (Å²) in [6, 6.07) is 16.4. The molecule has 284 valence electrons. The van der Waals surface area contributed by atoms with Crippen LogP contribution in [0.1, 0.15) is 97.3 Å². The van der Waals surface area contributed by atoms with Crippen LogP contribution in [0, 0.1) is 11.8 Å². The van der Waals surface area contributed by atoms with Crippen molar-refractivity contribution in [1.82, 2.24) is 0 Å². The van der Waals surface area contributed by atoms with Gasteiger partial charge >= 0.3 is 11.6 Å². The predicted molar refractivity (Wildman–Crippen MR) is 205 cm³/mol. The van der Waals surface area contributed by atoms with Gasteiger partial charge in [0.1, 0.15) is 34.1 Å². The molecule has 5 N–H and O–H groups in total. The minimum Gasteiger partial charge on any atom is -0.508 e. The SMILES string of the molecule is CC/C(=C(/CC)c1ccc(O)cc1)c1ccc(O)cc1.COc1cc2c(c3oc(=O)c4c(c13)CCC4=O)C1C=COC1O2.NC[C@H]1CC[C@H](C(=O)O)CC1. The lowest BCUT2D eigenvalue weighted by atomic mass is 9.82. The Labute approximate surface area is 313 Å². The van der Waals surface area contributed by atoms with E-state index in [2.05, 4.69) is 13.8 Å². The van der Waals surface area contributed by atoms with E-state index < -0.39 is 17.9 Å². The molecule has 2 aliphatic carbocycles. The average Bonchev–Trinajstić information content (AvgIpc) is 3.90. The van der Waals surface area contributed by atoms with Crippen LogP contribution >= 0.6 is 0 Å². The van der Waals surface area contributed by atoms with Crippen molar-refractivity contribution in [3.63, 3.8) is 0 Å². The zero-order chi connectivity index (χ0) is 38.5. The number of methoxy groups -OCH3 is 1. The number of fused-ring (bicyclic) bond motifs is 7. The summed E-state index contributed by atoms with van der Waals surface area (Å²) in [5, 5.41) is 28.2. The number of hydrogen-bond acceptors (Lipinski definition) is 10. The maximum Gasteiger partial charge on any atom is 0.347 e. The molecule has 8 rings (SSSR count). The van der Waals surface area contributed by atoms with E-state index in [4.69, 9.17) is 29.5 Å². The van der Waals surface area contributed by atoms with Crippen molar-refractivity contribution >= 4 is 33.9 Å². The number of carboxylic acids is 1. The van der Waals surface area contributed by atoms with Crippen LogP contribution in [0.3, 0.4) is 0 Å². The number of aliphatic carboxylic acids is 1. The van der Waals surface area contributed by atoms with E-state index in [1.807, 2.05) is 30.3 Å². The Morgan fingerprint density at radius 1 is 0.889 bits per heavy atom. The minimum atomic E-state index is -0.638. The summed E-state index contributed by atoms with van der Waals surface area (Å²) in [5.41, 5.74) is 11.8. The van der Waals surface area contributed by atoms with Gasteiger partial charge in [0.15, 0.2) is 5.78 Å². The molecule has 2 atom stereocenters. The largest absolute Gasteiger partial charge is 0.508 e. The number of carbonyl (C=O) groups excluding carboxylic acids is 1. The average molecular weight is 738 g/mol. The molecule has 4 aliphatic rings. The highest BCUT2D eigenvalue weighted by Crippen LogP contribution is 2.50. The van der Waals surface area contributed by atoms with Gasteiger partial charge in [-0.25, -0.2) is 4.79 Å². The molecular formula is C43H47NO10. The number of carboxylic acid groups (broad SMARTS) is 1. The molecule has 1 fully saturated rings. The van der Waals surface area contributed by atoms with Crippen LogP contribution in [0.4, 0.5) is 0 Å². The first-order chi connectivity index (χ1) is 26.1. The van der Waals surface area contributed by atoms with Crippen LogP contribution in [0.25, 0.3) is 22.1 Å². The smallest absolute Gasteiger partial charge is 0.347 e. The van der Waals surface area contributed by atoms with Crippen molar-refractivity contribution in [3.8, 4) is 23.0 Å². The van der Waals surface area contributed by atoms with E-state index in [1.165, 1.54) is 11.1 Å². The maximum atomic E-state index is 12.3. The second kappa shape index (κ2) is 16.6. The van der Waals surface area contributed by atoms with E-state index in [0.29, 0.717) is 53.3 Å². The number of carbonyl (C=O) groups is 2. The van der Waals surface area contributed by atoms with Crippen molar-refractivity contribution in [2.24, 2.45) is 17.6 Å². The first-order valence-corrected chi connectivity index (χ1v) is 18.5. The summed E-state index contributed by atoms with van der Waals surface area (Å²) in [7, 11) is 1.54. The number of nitrogens with two attached hydrogens (primary N) is 1. The monoisotopic (exact) mass is 737 g/mol. The predicted octanol–water partition coefficient (Wildman–Crippen LogP) is 7.94. The molecule has 3 heterocycles. The van der Waals surface area contributed by atoms with Crippen LogP contribution in [-0.4, -0.2) is 47.0 Å². The molecule has 4 aromatic rings. The fraction of sp³-hybridized carbons (Fsp3) is 0.372. The van der Waals surface area contributed by atoms with Crippen LogP contribution in [0.2, 0.25) is 0 Å². The molecule has 3 aromatic carbocycles. The molecule has 0 amide bonds. The summed E-state index contributed by atoms with van der Waals surface area (Å²) in [5.74, 6) is 1.23. The second-order valence-electron chi connectivity index (χ2n) is 13.9. The highest BCUT2D eigenvalue weighted by molar-refractivity contribution is 6.06. The fourth-order valence-corrected chi connectivity index (χ4v) is 7.88. The molecular weight excluding hydrogens is 690 g/mol. The number of phenolic OH excluding ortho intramolecular Hbond substituents is 2. The molecule has 1 saturated carbocycles. The molecule has 54 heavy (non-hydrogen) atoms. The summed E-state index contributed by atoms with van der Waals surface area (Å²) < 4.78 is 22.2. The summed E-state index contributed by atoms with van der Waals surface area (Å²) >= 11 is 0. The standard InChI is InChI=1S/C18H20O2.C17H12O6.C8H15NO2/c1-3-17(13-5-9-15(19)10-6-13)18(4-2)14-7-11-16(20)12-8-14;1-20-10-6-11-14(8-4-5-21-17(8)22-11)15-13(10)7-2-3-9(18)12(7)16(19)23-15;9-5-6-1-3-7(4-2-6)8(10)11/h5-12,19-20H,3-4H2,1-2H3;4-6,8,17H,2-3H2,1H3;6-7H,1-5,9H2,(H,10,11)/b18-17+;;/t;;6-,7-. The lowest BCUT2D eigenvalue weighted by molar-refractivity contribution is -0.143. The zero-order valence-corrected chi connectivity index (χ0v) is 30.8. The van der Waals surface area contributed by atoms with Gasteiger partial charge in [0, 0.05) is 12.5 Å². The molecule has 0 radical (unpaired) electrons. The fourth-order valence-electron chi connectivity index (χ4n) is 7.88. The molecule has 2 aliphatic heterocycles. The topological polar surface area (TPSA) is 179 Å². The number of aromatic hydroxyl groups is 2. The Morgan fingerprint density at radius 2 is 1.48 bits per heavy atom. The van der Waals surface area contributed by atoms with E-state index in [1.54, 1.807) is 43.7 Å². The number of Topliss-reactive ketones (excluding diaryl/α,β-unsaturated/α-hetero) is 1. The van der Waals surface area contributed by atoms with Crippen LogP contribution in [0.15, 0.2) is 76.1 Å². The molecule has 11 nitrogen and oxygen atoms in total. The molecule has 2 unspecified atom stereocenters. The van der Waals surface area contributed by atoms with Crippen molar-refractivity contribution in [1.29, 1.82) is 0 Å². The normalized spacial score (nSPS) is 20.9. The first kappa shape index (κ1) is 38.2. The maximum absolute atomic E-state index is 12.3. The van der Waals surface area contributed by atoms with Crippen molar-refractivity contribution in [2.45, 2.75) is 77.4 Å². The molecule has 0 bridgehead atoms. The van der Waals surface area contributed by atoms with Gasteiger partial charge in [0.25, 0.3) is 6.29 Å². The number of phenols is 2. The summed E-state index contributed by atoms with van der Waals surface area (Å²) in [6.45, 7) is 4.99. The number of benzene rings is 3. The van der Waals surface area contributed by atoms with Crippen LogP contribution in [-0.2, 0) is 16.0 Å². The van der Waals surface area contributed by atoms with Crippen molar-refractivity contribution < 1.29 is 43.5 Å². The highest BCUT2D eigenvalue weighted by atomic mass is 16.7. The van der Waals surface area contributed by atoms with Crippen molar-refractivity contribution in [2.75, 3.05) is 13.7 Å². The number of allylic oxidation sites excluding steroid dienone is 2. The molecule has 11 heteroatoms. The van der Waals surface area contributed by atoms with Gasteiger partial charge in [0.05, 0.1) is 36.2 Å². The Balaban J connectivity index is 0.000000147. The van der Waals surface area contributed by atoms with E-state index in [0.717, 1.165) is 55.2 Å². The third kappa shape index (κ3) is 7.72. The van der Waals surface area contributed by atoms with Gasteiger partial charge in [-0.05, 0) is 116 Å². The molecule has 0 saturated heterocycles. The zero-order valence-electron chi connectivity index (χ0n) is 30.8. The van der Waals surface area contributed by atoms with Crippen LogP contribution in [0.5, 0.6) is 23.0 Å². The van der Waals surface area contributed by atoms with E-state index in [-0.39, 0.29) is 34.7 Å². The van der Waals surface area contributed by atoms with Crippen molar-refractivity contribution in [3.05, 3.63) is 105 Å². The van der Waals surface area contributed by atoms with Gasteiger partial charge in [-0.15, -0.1) is 0 Å². The van der Waals surface area contributed by atoms with Gasteiger partial charge in [-0.3, -0.25) is 9.59 Å². The highest BCUT2D eigenvalue weighted by Gasteiger charge is 2.42. The Hall–Kier alpha value is -5.55. The van der Waals surface area contributed by atoms with Gasteiger partial charge in [-0.2, -0.15) is 0 Å². The lowest BCUT2D eigenvalue weighted by Crippen LogP contribution is -2.25. The second-order valence-corrected chi connectivity index (χ2v) is 13.9. The Morgan fingerprint density at radius 3 is 2.00 bits per heavy atom. The number of ketones is 1. The number of rotatable bonds is 7. The third-order valence-electron chi connectivity index (χ3n) is 10.7.